The summed E-state index contributed by atoms with van der Waals surface area (Å²) in [6.45, 7) is 6.94. The highest BCUT2D eigenvalue weighted by atomic mass is 15.3. The Hall–Kier alpha value is -2.24. The van der Waals surface area contributed by atoms with Crippen LogP contribution in [0.2, 0.25) is 0 Å². The molecule has 0 unspecified atom stereocenters. The van der Waals surface area contributed by atoms with Crippen LogP contribution in [0.5, 0.6) is 0 Å². The van der Waals surface area contributed by atoms with Gasteiger partial charge in [-0.3, -0.25) is 4.68 Å². The molecule has 3 aromatic rings. The van der Waals surface area contributed by atoms with E-state index >= 15 is 0 Å². The average Bonchev–Trinajstić information content (AvgIpc) is 2.92. The van der Waals surface area contributed by atoms with Crippen LogP contribution in [0.15, 0.2) is 12.5 Å². The predicted molar refractivity (Wildman–Crippen MR) is 72.7 cm³/mol. The highest BCUT2D eigenvalue weighted by Crippen LogP contribution is 2.25. The number of fused-ring (bicyclic) bond motifs is 1. The molecule has 0 fully saturated rings. The molecule has 3 aromatic heterocycles. The molecule has 19 heavy (non-hydrogen) atoms. The summed E-state index contributed by atoms with van der Waals surface area (Å²) >= 11 is 0. The SMILES string of the molecule is CCn1ncc(-c2nc3c(C)ncnc3n2C)c1C. The topological polar surface area (TPSA) is 61.4 Å². The molecule has 0 bridgehead atoms. The van der Waals surface area contributed by atoms with E-state index in [0.717, 1.165) is 40.5 Å². The van der Waals surface area contributed by atoms with E-state index in [1.165, 1.54) is 0 Å². The second-order valence-electron chi connectivity index (χ2n) is 4.59. The van der Waals surface area contributed by atoms with Crippen LogP contribution in [0.3, 0.4) is 0 Å². The molecule has 0 atom stereocenters. The van der Waals surface area contributed by atoms with E-state index in [2.05, 4.69) is 33.9 Å². The van der Waals surface area contributed by atoms with Crippen molar-refractivity contribution < 1.29 is 0 Å². The highest BCUT2D eigenvalue weighted by molar-refractivity contribution is 5.79. The Labute approximate surface area is 111 Å². The van der Waals surface area contributed by atoms with Crippen LogP contribution < -0.4 is 0 Å². The van der Waals surface area contributed by atoms with Crippen molar-refractivity contribution in [2.24, 2.45) is 7.05 Å². The summed E-state index contributed by atoms with van der Waals surface area (Å²) in [4.78, 5) is 13.2. The van der Waals surface area contributed by atoms with Gasteiger partial charge in [0.15, 0.2) is 5.65 Å². The molecule has 0 saturated heterocycles. The molecule has 0 aliphatic carbocycles. The van der Waals surface area contributed by atoms with Crippen molar-refractivity contribution in [1.82, 2.24) is 29.3 Å². The molecule has 98 valence electrons. The minimum Gasteiger partial charge on any atom is -0.312 e. The Bertz CT molecular complexity index is 752. The Morgan fingerprint density at radius 3 is 2.63 bits per heavy atom. The van der Waals surface area contributed by atoms with E-state index in [9.17, 15) is 0 Å². The van der Waals surface area contributed by atoms with Gasteiger partial charge in [0.2, 0.25) is 0 Å². The molecule has 0 saturated carbocycles. The lowest BCUT2D eigenvalue weighted by Crippen LogP contribution is -2.00. The van der Waals surface area contributed by atoms with Crippen molar-refractivity contribution in [3.63, 3.8) is 0 Å². The first-order chi connectivity index (χ1) is 9.13. The Kier molecular flexibility index (Phi) is 2.58. The summed E-state index contributed by atoms with van der Waals surface area (Å²) in [6.07, 6.45) is 3.44. The summed E-state index contributed by atoms with van der Waals surface area (Å²) in [5.74, 6) is 0.885. The number of hydrogen-bond acceptors (Lipinski definition) is 4. The van der Waals surface area contributed by atoms with Crippen LogP contribution in [-0.4, -0.2) is 29.3 Å². The maximum absolute atomic E-state index is 4.68. The Balaban J connectivity index is 2.28. The second-order valence-corrected chi connectivity index (χ2v) is 4.59. The molecule has 3 heterocycles. The number of nitrogens with zero attached hydrogens (tertiary/aromatic N) is 6. The zero-order chi connectivity index (χ0) is 13.6. The molecular formula is C13H16N6. The van der Waals surface area contributed by atoms with Gasteiger partial charge >= 0.3 is 0 Å². The lowest BCUT2D eigenvalue weighted by atomic mass is 10.2. The minimum atomic E-state index is 0.851. The van der Waals surface area contributed by atoms with E-state index in [0.29, 0.717) is 0 Å². The van der Waals surface area contributed by atoms with Crippen molar-refractivity contribution in [2.75, 3.05) is 0 Å². The van der Waals surface area contributed by atoms with Crippen molar-refractivity contribution in [3.05, 3.63) is 23.9 Å². The summed E-state index contributed by atoms with van der Waals surface area (Å²) < 4.78 is 3.96. The maximum Gasteiger partial charge on any atom is 0.163 e. The molecule has 0 aromatic carbocycles. The van der Waals surface area contributed by atoms with Crippen molar-refractivity contribution in [1.29, 1.82) is 0 Å². The number of aryl methyl sites for hydroxylation is 3. The monoisotopic (exact) mass is 256 g/mol. The zero-order valence-corrected chi connectivity index (χ0v) is 11.5. The fraction of sp³-hybridized carbons (Fsp3) is 0.385. The van der Waals surface area contributed by atoms with E-state index in [-0.39, 0.29) is 0 Å². The smallest absolute Gasteiger partial charge is 0.163 e. The van der Waals surface area contributed by atoms with Crippen molar-refractivity contribution in [2.45, 2.75) is 27.3 Å². The summed E-state index contributed by atoms with van der Waals surface area (Å²) in [5, 5.41) is 4.37. The first-order valence-electron chi connectivity index (χ1n) is 6.30. The number of rotatable bonds is 2. The first kappa shape index (κ1) is 11.8. The summed E-state index contributed by atoms with van der Waals surface area (Å²) in [6, 6.07) is 0. The molecular weight excluding hydrogens is 240 g/mol. The van der Waals surface area contributed by atoms with Crippen molar-refractivity contribution in [3.8, 4) is 11.4 Å². The fourth-order valence-electron chi connectivity index (χ4n) is 2.34. The molecule has 6 nitrogen and oxygen atoms in total. The van der Waals surface area contributed by atoms with E-state index in [4.69, 9.17) is 0 Å². The van der Waals surface area contributed by atoms with Gasteiger partial charge in [-0.05, 0) is 20.8 Å². The summed E-state index contributed by atoms with van der Waals surface area (Å²) in [5.41, 5.74) is 4.76. The van der Waals surface area contributed by atoms with Crippen molar-refractivity contribution >= 4 is 11.2 Å². The Morgan fingerprint density at radius 2 is 2.00 bits per heavy atom. The van der Waals surface area contributed by atoms with Crippen LogP contribution in [-0.2, 0) is 13.6 Å². The largest absolute Gasteiger partial charge is 0.312 e. The minimum absolute atomic E-state index is 0.851. The third-order valence-corrected chi connectivity index (χ3v) is 3.48. The van der Waals surface area contributed by atoms with E-state index < -0.39 is 0 Å². The molecule has 3 rings (SSSR count). The van der Waals surface area contributed by atoms with Crippen LogP contribution >= 0.6 is 0 Å². The van der Waals surface area contributed by atoms with E-state index in [1.54, 1.807) is 6.33 Å². The third kappa shape index (κ3) is 1.63. The molecule has 0 aliphatic rings. The first-order valence-corrected chi connectivity index (χ1v) is 6.30. The molecule has 0 radical (unpaired) electrons. The summed E-state index contributed by atoms with van der Waals surface area (Å²) in [7, 11) is 1.97. The lowest BCUT2D eigenvalue weighted by molar-refractivity contribution is 0.640. The van der Waals surface area contributed by atoms with Gasteiger partial charge in [-0.2, -0.15) is 5.10 Å². The van der Waals surface area contributed by atoms with Gasteiger partial charge in [-0.15, -0.1) is 0 Å². The highest BCUT2D eigenvalue weighted by Gasteiger charge is 2.16. The molecule has 0 N–H and O–H groups in total. The van der Waals surface area contributed by atoms with Crippen LogP contribution in [0, 0.1) is 13.8 Å². The lowest BCUT2D eigenvalue weighted by Gasteiger charge is -2.02. The molecule has 0 amide bonds. The average molecular weight is 256 g/mol. The van der Waals surface area contributed by atoms with Crippen LogP contribution in [0.4, 0.5) is 0 Å². The van der Waals surface area contributed by atoms with Gasteiger partial charge in [0.25, 0.3) is 0 Å². The second kappa shape index (κ2) is 4.15. The maximum atomic E-state index is 4.68. The van der Waals surface area contributed by atoms with Crippen LogP contribution in [0.25, 0.3) is 22.6 Å². The molecule has 6 heteroatoms. The van der Waals surface area contributed by atoms with Gasteiger partial charge in [-0.25, -0.2) is 15.0 Å². The van der Waals surface area contributed by atoms with Crippen LogP contribution in [0.1, 0.15) is 18.3 Å². The van der Waals surface area contributed by atoms with E-state index in [1.807, 2.05) is 29.4 Å². The third-order valence-electron chi connectivity index (χ3n) is 3.48. The number of hydrogen-bond donors (Lipinski definition) is 0. The standard InChI is InChI=1S/C13H16N6/c1-5-19-9(3)10(6-16-19)12-17-11-8(2)14-7-15-13(11)18(12)4/h6-7H,5H2,1-4H3. The van der Waals surface area contributed by atoms with Gasteiger partial charge < -0.3 is 4.57 Å². The Morgan fingerprint density at radius 1 is 1.21 bits per heavy atom. The predicted octanol–water partition coefficient (Wildman–Crippen LogP) is 1.86. The normalized spacial score (nSPS) is 11.4. The van der Waals surface area contributed by atoms with Gasteiger partial charge in [-0.1, -0.05) is 0 Å². The van der Waals surface area contributed by atoms with Gasteiger partial charge in [0.1, 0.15) is 17.7 Å². The quantitative estimate of drug-likeness (QED) is 0.702. The van der Waals surface area contributed by atoms with Gasteiger partial charge in [0, 0.05) is 19.3 Å². The molecule has 0 aliphatic heterocycles. The zero-order valence-electron chi connectivity index (χ0n) is 11.5. The number of aromatic nitrogens is 6. The van der Waals surface area contributed by atoms with Gasteiger partial charge in [0.05, 0.1) is 17.5 Å². The molecule has 0 spiro atoms. The number of imidazole rings is 1. The fourth-order valence-corrected chi connectivity index (χ4v) is 2.34.